The molecule has 0 aliphatic carbocycles. The van der Waals surface area contributed by atoms with Crippen LogP contribution < -0.4 is 5.73 Å². The smallest absolute Gasteiger partial charge is 0.0666 e. The maximum Gasteiger partial charge on any atom is 0.0666 e. The van der Waals surface area contributed by atoms with E-state index < -0.39 is 11.0 Å². The van der Waals surface area contributed by atoms with Crippen LogP contribution in [0.5, 0.6) is 0 Å². The van der Waals surface area contributed by atoms with Crippen molar-refractivity contribution >= 4 is 0 Å². The van der Waals surface area contributed by atoms with Crippen LogP contribution in [0.25, 0.3) is 0 Å². The maximum atomic E-state index is 9.37. The van der Waals surface area contributed by atoms with Crippen LogP contribution >= 0.6 is 0 Å². The van der Waals surface area contributed by atoms with Crippen molar-refractivity contribution in [2.45, 2.75) is 32.7 Å². The van der Waals surface area contributed by atoms with Crippen LogP contribution in [0.4, 0.5) is 0 Å². The highest BCUT2D eigenvalue weighted by molar-refractivity contribution is 4.83. The van der Waals surface area contributed by atoms with Crippen LogP contribution in [-0.4, -0.2) is 53.9 Å². The number of aliphatic hydroxyl groups is 3. The second-order valence-electron chi connectivity index (χ2n) is 5.26. The first-order chi connectivity index (χ1) is 7.87. The van der Waals surface area contributed by atoms with E-state index in [9.17, 15) is 10.2 Å². The molecule has 0 saturated carbocycles. The van der Waals surface area contributed by atoms with Crippen LogP contribution in [0.2, 0.25) is 0 Å². The van der Waals surface area contributed by atoms with Crippen LogP contribution in [0.1, 0.15) is 27.2 Å². The zero-order chi connectivity index (χ0) is 13.5. The Morgan fingerprint density at radius 2 is 1.71 bits per heavy atom. The molecule has 0 aromatic heterocycles. The van der Waals surface area contributed by atoms with Crippen molar-refractivity contribution in [2.75, 3.05) is 33.0 Å². The lowest BCUT2D eigenvalue weighted by molar-refractivity contribution is -0.0405. The third kappa shape index (κ3) is 4.89. The molecular weight excluding hydrogens is 222 g/mol. The predicted molar refractivity (Wildman–Crippen MR) is 66.6 cm³/mol. The quantitative estimate of drug-likeness (QED) is 0.451. The van der Waals surface area contributed by atoms with E-state index in [-0.39, 0.29) is 32.3 Å². The van der Waals surface area contributed by atoms with Gasteiger partial charge in [-0.3, -0.25) is 0 Å². The van der Waals surface area contributed by atoms with E-state index >= 15 is 0 Å². The molecule has 5 nitrogen and oxygen atoms in total. The van der Waals surface area contributed by atoms with E-state index in [1.807, 2.05) is 13.8 Å². The van der Waals surface area contributed by atoms with Gasteiger partial charge in [0.05, 0.1) is 32.0 Å². The Hall–Kier alpha value is -0.200. The fourth-order valence-electron chi connectivity index (χ4n) is 1.63. The van der Waals surface area contributed by atoms with Gasteiger partial charge in [-0.1, -0.05) is 13.8 Å². The lowest BCUT2D eigenvalue weighted by Crippen LogP contribution is -2.46. The minimum absolute atomic E-state index is 0.0250. The number of ether oxygens (including phenoxy) is 1. The Kier molecular flexibility index (Phi) is 7.20. The maximum absolute atomic E-state index is 9.37. The molecule has 5 N–H and O–H groups in total. The summed E-state index contributed by atoms with van der Waals surface area (Å²) in [6.45, 7) is 5.97. The summed E-state index contributed by atoms with van der Waals surface area (Å²) in [4.78, 5) is 0. The molecule has 0 aliphatic rings. The molecule has 0 amide bonds. The molecule has 0 aliphatic heterocycles. The Morgan fingerprint density at radius 3 is 2.06 bits per heavy atom. The average molecular weight is 249 g/mol. The summed E-state index contributed by atoms with van der Waals surface area (Å²) in [7, 11) is 0. The van der Waals surface area contributed by atoms with Crippen LogP contribution in [-0.2, 0) is 4.74 Å². The molecule has 0 spiro atoms. The Bertz CT molecular complexity index is 196. The van der Waals surface area contributed by atoms with Crippen LogP contribution in [0.3, 0.4) is 0 Å². The lowest BCUT2D eigenvalue weighted by Gasteiger charge is -2.35. The number of rotatable bonds is 9. The standard InChI is InChI=1S/C12H27NO4/c1-4-12(7-15,8-16)10(2)5-17-9-11(3,13)6-14/h10,14-16H,4-9,13H2,1-3H3. The minimum Gasteiger partial charge on any atom is -0.396 e. The molecule has 0 radical (unpaired) electrons. The first kappa shape index (κ1) is 16.8. The normalized spacial score (nSPS) is 17.8. The van der Waals surface area contributed by atoms with Gasteiger partial charge in [-0.2, -0.15) is 0 Å². The number of hydrogen-bond donors (Lipinski definition) is 4. The molecule has 0 fully saturated rings. The van der Waals surface area contributed by atoms with Gasteiger partial charge in [0.2, 0.25) is 0 Å². The number of aliphatic hydroxyl groups excluding tert-OH is 3. The van der Waals surface area contributed by atoms with E-state index in [2.05, 4.69) is 0 Å². The van der Waals surface area contributed by atoms with E-state index in [0.29, 0.717) is 13.0 Å². The van der Waals surface area contributed by atoms with Crippen molar-refractivity contribution in [1.82, 2.24) is 0 Å². The second kappa shape index (κ2) is 7.28. The van der Waals surface area contributed by atoms with Gasteiger partial charge in [0.1, 0.15) is 0 Å². The highest BCUT2D eigenvalue weighted by atomic mass is 16.5. The topological polar surface area (TPSA) is 95.9 Å². The van der Waals surface area contributed by atoms with Gasteiger partial charge in [-0.05, 0) is 19.3 Å². The van der Waals surface area contributed by atoms with Gasteiger partial charge in [0.15, 0.2) is 0 Å². The van der Waals surface area contributed by atoms with Gasteiger partial charge in [-0.15, -0.1) is 0 Å². The zero-order valence-corrected chi connectivity index (χ0v) is 11.1. The minimum atomic E-state index is -0.743. The Morgan fingerprint density at radius 1 is 1.18 bits per heavy atom. The monoisotopic (exact) mass is 249 g/mol. The zero-order valence-electron chi connectivity index (χ0n) is 11.1. The Balaban J connectivity index is 4.20. The SMILES string of the molecule is CCC(CO)(CO)C(C)COCC(C)(N)CO. The molecule has 17 heavy (non-hydrogen) atoms. The first-order valence-corrected chi connectivity index (χ1v) is 6.06. The summed E-state index contributed by atoms with van der Waals surface area (Å²) in [5.41, 5.74) is 4.48. The molecule has 0 aromatic carbocycles. The molecule has 5 heteroatoms. The van der Waals surface area contributed by atoms with Crippen molar-refractivity contribution in [1.29, 1.82) is 0 Å². The van der Waals surface area contributed by atoms with Gasteiger partial charge in [-0.25, -0.2) is 0 Å². The first-order valence-electron chi connectivity index (χ1n) is 6.06. The van der Waals surface area contributed by atoms with Crippen molar-refractivity contribution in [3.05, 3.63) is 0 Å². The molecule has 0 rings (SSSR count). The summed E-state index contributed by atoms with van der Waals surface area (Å²) in [5, 5.41) is 27.7. The molecule has 0 heterocycles. The average Bonchev–Trinajstić information content (AvgIpc) is 2.32. The second-order valence-corrected chi connectivity index (χ2v) is 5.26. The largest absolute Gasteiger partial charge is 0.396 e. The van der Waals surface area contributed by atoms with E-state index in [0.717, 1.165) is 0 Å². The third-order valence-corrected chi connectivity index (χ3v) is 3.54. The van der Waals surface area contributed by atoms with Crippen molar-refractivity contribution in [3.8, 4) is 0 Å². The van der Waals surface area contributed by atoms with E-state index in [1.54, 1.807) is 6.92 Å². The van der Waals surface area contributed by atoms with E-state index in [1.165, 1.54) is 0 Å². The number of nitrogens with two attached hydrogens (primary N) is 1. The van der Waals surface area contributed by atoms with E-state index in [4.69, 9.17) is 15.6 Å². The summed E-state index contributed by atoms with van der Waals surface area (Å²) in [6.07, 6.45) is 0.685. The molecule has 104 valence electrons. The molecule has 0 saturated heterocycles. The van der Waals surface area contributed by atoms with Gasteiger partial charge in [0, 0.05) is 12.0 Å². The van der Waals surface area contributed by atoms with Crippen molar-refractivity contribution < 1.29 is 20.1 Å². The summed E-state index contributed by atoms with van der Waals surface area (Å²) in [5.74, 6) is 0.0250. The third-order valence-electron chi connectivity index (χ3n) is 3.54. The lowest BCUT2D eigenvalue weighted by atomic mass is 9.76. The van der Waals surface area contributed by atoms with Gasteiger partial charge in [0.25, 0.3) is 0 Å². The highest BCUT2D eigenvalue weighted by Crippen LogP contribution is 2.30. The van der Waals surface area contributed by atoms with Crippen molar-refractivity contribution in [3.63, 3.8) is 0 Å². The van der Waals surface area contributed by atoms with Crippen LogP contribution in [0.15, 0.2) is 0 Å². The molecule has 0 aromatic rings. The summed E-state index contributed by atoms with van der Waals surface area (Å²) in [6, 6.07) is 0. The fraction of sp³-hybridized carbons (Fsp3) is 1.00. The molecule has 2 unspecified atom stereocenters. The highest BCUT2D eigenvalue weighted by Gasteiger charge is 2.33. The number of hydrogen-bond acceptors (Lipinski definition) is 5. The fourth-order valence-corrected chi connectivity index (χ4v) is 1.63. The molecule has 0 bridgehead atoms. The summed E-state index contributed by atoms with van der Waals surface area (Å²) < 4.78 is 5.46. The molecular formula is C12H27NO4. The van der Waals surface area contributed by atoms with Crippen LogP contribution in [0, 0.1) is 11.3 Å². The van der Waals surface area contributed by atoms with Gasteiger partial charge >= 0.3 is 0 Å². The summed E-state index contributed by atoms with van der Waals surface area (Å²) >= 11 is 0. The van der Waals surface area contributed by atoms with Crippen molar-refractivity contribution in [2.24, 2.45) is 17.1 Å². The Labute approximate surface area is 104 Å². The molecule has 2 atom stereocenters. The van der Waals surface area contributed by atoms with Gasteiger partial charge < -0.3 is 25.8 Å². The predicted octanol–water partition coefficient (Wildman–Crippen LogP) is -0.270.